The summed E-state index contributed by atoms with van der Waals surface area (Å²) in [7, 11) is 0. The number of nitrogens with one attached hydrogen (secondary N) is 1. The Morgan fingerprint density at radius 1 is 1.43 bits per heavy atom. The number of aliphatic hydroxyl groups excluding tert-OH is 1. The van der Waals surface area contributed by atoms with Gasteiger partial charge in [-0.15, -0.1) is 0 Å². The standard InChI is InChI=1S/C11H18N2O/c1-2-6-13-10-4-3-9(5-7-14)11(12)8-10/h3-4,8,13-14H,2,5-7,12H2,1H3. The monoisotopic (exact) mass is 194 g/mol. The van der Waals surface area contributed by atoms with Crippen LogP contribution in [0.5, 0.6) is 0 Å². The van der Waals surface area contributed by atoms with Gasteiger partial charge in [-0.3, -0.25) is 0 Å². The highest BCUT2D eigenvalue weighted by Gasteiger charge is 1.99. The van der Waals surface area contributed by atoms with Crippen molar-refractivity contribution in [1.82, 2.24) is 0 Å². The van der Waals surface area contributed by atoms with Crippen LogP contribution in [0.15, 0.2) is 18.2 Å². The van der Waals surface area contributed by atoms with Crippen LogP contribution in [0.3, 0.4) is 0 Å². The molecule has 3 heteroatoms. The lowest BCUT2D eigenvalue weighted by Gasteiger charge is -2.08. The Balaban J connectivity index is 2.68. The molecule has 1 aromatic carbocycles. The molecule has 0 aliphatic rings. The minimum Gasteiger partial charge on any atom is -0.398 e. The summed E-state index contributed by atoms with van der Waals surface area (Å²) in [4.78, 5) is 0. The zero-order valence-electron chi connectivity index (χ0n) is 8.59. The number of nitrogen functional groups attached to an aromatic ring is 1. The quantitative estimate of drug-likeness (QED) is 0.624. The number of anilines is 2. The van der Waals surface area contributed by atoms with Gasteiger partial charge < -0.3 is 16.2 Å². The van der Waals surface area contributed by atoms with Crippen LogP contribution in [0.25, 0.3) is 0 Å². The summed E-state index contributed by atoms with van der Waals surface area (Å²) >= 11 is 0. The van der Waals surface area contributed by atoms with Crippen LogP contribution in [-0.2, 0) is 6.42 Å². The largest absolute Gasteiger partial charge is 0.398 e. The van der Waals surface area contributed by atoms with Crippen molar-refractivity contribution in [2.24, 2.45) is 0 Å². The van der Waals surface area contributed by atoms with Gasteiger partial charge in [0.05, 0.1) is 0 Å². The van der Waals surface area contributed by atoms with Gasteiger partial charge in [0.15, 0.2) is 0 Å². The fourth-order valence-electron chi connectivity index (χ4n) is 1.32. The summed E-state index contributed by atoms with van der Waals surface area (Å²) in [6.07, 6.45) is 1.72. The van der Waals surface area contributed by atoms with Crippen molar-refractivity contribution in [3.63, 3.8) is 0 Å². The van der Waals surface area contributed by atoms with Crippen LogP contribution in [0.1, 0.15) is 18.9 Å². The maximum Gasteiger partial charge on any atom is 0.0472 e. The molecule has 0 aliphatic heterocycles. The fraction of sp³-hybridized carbons (Fsp3) is 0.455. The molecule has 0 saturated heterocycles. The van der Waals surface area contributed by atoms with E-state index in [1.54, 1.807) is 0 Å². The third-order valence-electron chi connectivity index (χ3n) is 2.11. The van der Waals surface area contributed by atoms with Gasteiger partial charge in [0.2, 0.25) is 0 Å². The summed E-state index contributed by atoms with van der Waals surface area (Å²) in [5.41, 5.74) is 8.63. The first-order chi connectivity index (χ1) is 6.77. The highest BCUT2D eigenvalue weighted by Crippen LogP contribution is 2.18. The molecule has 0 aromatic heterocycles. The molecule has 0 heterocycles. The van der Waals surface area contributed by atoms with Gasteiger partial charge in [0.25, 0.3) is 0 Å². The predicted molar refractivity (Wildman–Crippen MR) is 60.4 cm³/mol. The normalized spacial score (nSPS) is 10.1. The summed E-state index contributed by atoms with van der Waals surface area (Å²) in [5, 5.41) is 12.0. The van der Waals surface area contributed by atoms with Crippen molar-refractivity contribution in [1.29, 1.82) is 0 Å². The molecule has 1 rings (SSSR count). The zero-order valence-corrected chi connectivity index (χ0v) is 8.59. The molecule has 0 bridgehead atoms. The van der Waals surface area contributed by atoms with Crippen LogP contribution in [0, 0.1) is 0 Å². The van der Waals surface area contributed by atoms with Crippen LogP contribution >= 0.6 is 0 Å². The molecule has 1 aromatic rings. The van der Waals surface area contributed by atoms with Crippen molar-refractivity contribution in [3.8, 4) is 0 Å². The van der Waals surface area contributed by atoms with E-state index in [0.29, 0.717) is 6.42 Å². The summed E-state index contributed by atoms with van der Waals surface area (Å²) in [6.45, 7) is 3.22. The Morgan fingerprint density at radius 2 is 2.21 bits per heavy atom. The van der Waals surface area contributed by atoms with Gasteiger partial charge >= 0.3 is 0 Å². The number of benzene rings is 1. The minimum atomic E-state index is 0.145. The molecule has 0 atom stereocenters. The van der Waals surface area contributed by atoms with Crippen molar-refractivity contribution in [2.45, 2.75) is 19.8 Å². The van der Waals surface area contributed by atoms with Crippen LogP contribution in [0.4, 0.5) is 11.4 Å². The van der Waals surface area contributed by atoms with Crippen molar-refractivity contribution >= 4 is 11.4 Å². The van der Waals surface area contributed by atoms with Crippen LogP contribution in [0.2, 0.25) is 0 Å². The van der Waals surface area contributed by atoms with Gasteiger partial charge in [-0.1, -0.05) is 13.0 Å². The van der Waals surface area contributed by atoms with Crippen LogP contribution in [-0.4, -0.2) is 18.3 Å². The smallest absolute Gasteiger partial charge is 0.0472 e. The Bertz CT molecular complexity index is 287. The topological polar surface area (TPSA) is 58.3 Å². The molecule has 0 aliphatic carbocycles. The second-order valence-corrected chi connectivity index (χ2v) is 3.31. The number of rotatable bonds is 5. The second kappa shape index (κ2) is 5.50. The zero-order chi connectivity index (χ0) is 10.4. The van der Waals surface area contributed by atoms with E-state index < -0.39 is 0 Å². The number of aliphatic hydroxyl groups is 1. The van der Waals surface area contributed by atoms with E-state index in [0.717, 1.165) is 29.9 Å². The average Bonchev–Trinajstić information content (AvgIpc) is 2.19. The Labute approximate surface area is 84.9 Å². The number of hydrogen-bond donors (Lipinski definition) is 3. The third kappa shape index (κ3) is 2.92. The molecule has 0 saturated carbocycles. The predicted octanol–water partition coefficient (Wildman–Crippen LogP) is 1.63. The molecule has 0 fully saturated rings. The summed E-state index contributed by atoms with van der Waals surface area (Å²) < 4.78 is 0. The van der Waals surface area contributed by atoms with Gasteiger partial charge in [-0.2, -0.15) is 0 Å². The molecule has 4 N–H and O–H groups in total. The van der Waals surface area contributed by atoms with E-state index in [2.05, 4.69) is 12.2 Å². The SMILES string of the molecule is CCCNc1ccc(CCO)c(N)c1. The van der Waals surface area contributed by atoms with E-state index in [1.807, 2.05) is 18.2 Å². The van der Waals surface area contributed by atoms with E-state index >= 15 is 0 Å². The van der Waals surface area contributed by atoms with Crippen molar-refractivity contribution < 1.29 is 5.11 Å². The van der Waals surface area contributed by atoms with Gasteiger partial charge in [0.1, 0.15) is 0 Å². The van der Waals surface area contributed by atoms with Gasteiger partial charge in [-0.05, 0) is 30.5 Å². The average molecular weight is 194 g/mol. The summed E-state index contributed by atoms with van der Waals surface area (Å²) in [5.74, 6) is 0. The molecule has 0 spiro atoms. The molecular weight excluding hydrogens is 176 g/mol. The Morgan fingerprint density at radius 3 is 2.79 bits per heavy atom. The first-order valence-electron chi connectivity index (χ1n) is 5.01. The van der Waals surface area contributed by atoms with Gasteiger partial charge in [-0.25, -0.2) is 0 Å². The molecule has 14 heavy (non-hydrogen) atoms. The highest BCUT2D eigenvalue weighted by atomic mass is 16.2. The first-order valence-corrected chi connectivity index (χ1v) is 5.01. The highest BCUT2D eigenvalue weighted by molar-refractivity contribution is 5.58. The molecule has 0 radical (unpaired) electrons. The number of nitrogens with two attached hydrogens (primary N) is 1. The second-order valence-electron chi connectivity index (χ2n) is 3.31. The molecular formula is C11H18N2O. The van der Waals surface area contributed by atoms with Crippen molar-refractivity contribution in [2.75, 3.05) is 24.2 Å². The first kappa shape index (κ1) is 10.9. The fourth-order valence-corrected chi connectivity index (χ4v) is 1.32. The summed E-state index contributed by atoms with van der Waals surface area (Å²) in [6, 6.07) is 5.88. The minimum absolute atomic E-state index is 0.145. The van der Waals surface area contributed by atoms with E-state index in [1.165, 1.54) is 0 Å². The van der Waals surface area contributed by atoms with E-state index in [9.17, 15) is 0 Å². The lowest BCUT2D eigenvalue weighted by atomic mass is 10.1. The van der Waals surface area contributed by atoms with E-state index in [4.69, 9.17) is 10.8 Å². The molecule has 0 unspecified atom stereocenters. The maximum atomic E-state index is 8.78. The third-order valence-corrected chi connectivity index (χ3v) is 2.11. The molecule has 0 amide bonds. The maximum absolute atomic E-state index is 8.78. The Hall–Kier alpha value is -1.22. The van der Waals surface area contributed by atoms with E-state index in [-0.39, 0.29) is 6.61 Å². The number of hydrogen-bond acceptors (Lipinski definition) is 3. The lowest BCUT2D eigenvalue weighted by molar-refractivity contribution is 0.300. The van der Waals surface area contributed by atoms with Crippen molar-refractivity contribution in [3.05, 3.63) is 23.8 Å². The van der Waals surface area contributed by atoms with Gasteiger partial charge in [0, 0.05) is 24.5 Å². The molecule has 3 nitrogen and oxygen atoms in total. The lowest BCUT2D eigenvalue weighted by Crippen LogP contribution is -2.02. The molecule has 78 valence electrons. The Kier molecular flexibility index (Phi) is 4.26. The van der Waals surface area contributed by atoms with Crippen LogP contribution < -0.4 is 11.1 Å².